The highest BCUT2D eigenvalue weighted by atomic mass is 79.9. The lowest BCUT2D eigenvalue weighted by molar-refractivity contribution is 0.101. The first-order valence-corrected chi connectivity index (χ1v) is 7.55. The van der Waals surface area contributed by atoms with Gasteiger partial charge in [-0.25, -0.2) is 9.97 Å². The standard InChI is InChI=1S/C12H13Br2N5O/c1-2-3-19-6-7(15)4-8(19)12(20)18-11-10(14)17-9(13)5-16-11/h4-6H,2-3,15H2,1H3,(H,16,18,20). The fourth-order valence-corrected chi connectivity index (χ4v) is 2.66. The van der Waals surface area contributed by atoms with E-state index in [4.69, 9.17) is 5.73 Å². The van der Waals surface area contributed by atoms with Gasteiger partial charge in [0.2, 0.25) is 0 Å². The van der Waals surface area contributed by atoms with Crippen LogP contribution in [0.1, 0.15) is 23.8 Å². The van der Waals surface area contributed by atoms with Gasteiger partial charge in [0.05, 0.1) is 11.9 Å². The molecular weight excluding hydrogens is 390 g/mol. The molecular formula is C12H13Br2N5O. The van der Waals surface area contributed by atoms with Crippen LogP contribution in [0.4, 0.5) is 11.5 Å². The van der Waals surface area contributed by atoms with Crippen molar-refractivity contribution in [1.29, 1.82) is 0 Å². The lowest BCUT2D eigenvalue weighted by Gasteiger charge is -2.08. The van der Waals surface area contributed by atoms with E-state index in [2.05, 4.69) is 47.1 Å². The molecule has 6 nitrogen and oxygen atoms in total. The minimum absolute atomic E-state index is 0.271. The summed E-state index contributed by atoms with van der Waals surface area (Å²) in [4.78, 5) is 20.5. The van der Waals surface area contributed by atoms with Crippen molar-refractivity contribution in [3.63, 3.8) is 0 Å². The average Bonchev–Trinajstić information content (AvgIpc) is 2.74. The van der Waals surface area contributed by atoms with Crippen molar-refractivity contribution in [2.75, 3.05) is 11.1 Å². The van der Waals surface area contributed by atoms with Crippen LogP contribution < -0.4 is 11.1 Å². The van der Waals surface area contributed by atoms with Crippen LogP contribution in [0.3, 0.4) is 0 Å². The molecule has 8 heteroatoms. The molecule has 2 heterocycles. The predicted molar refractivity (Wildman–Crippen MR) is 84.5 cm³/mol. The average molecular weight is 403 g/mol. The first-order chi connectivity index (χ1) is 9.51. The van der Waals surface area contributed by atoms with Crippen LogP contribution in [0.5, 0.6) is 0 Å². The third-order valence-electron chi connectivity index (χ3n) is 2.55. The third-order valence-corrected chi connectivity index (χ3v) is 3.48. The Balaban J connectivity index is 2.23. The van der Waals surface area contributed by atoms with Gasteiger partial charge in [0.15, 0.2) is 5.82 Å². The molecule has 0 aromatic carbocycles. The van der Waals surface area contributed by atoms with Crippen LogP contribution in [0.15, 0.2) is 27.7 Å². The number of carbonyl (C=O) groups excluding carboxylic acids is 1. The minimum Gasteiger partial charge on any atom is -0.397 e. The molecule has 0 saturated heterocycles. The molecule has 0 radical (unpaired) electrons. The van der Waals surface area contributed by atoms with E-state index < -0.39 is 0 Å². The van der Waals surface area contributed by atoms with Crippen LogP contribution in [0, 0.1) is 0 Å². The molecule has 0 fully saturated rings. The predicted octanol–water partition coefficient (Wildman–Crippen LogP) is 3.05. The largest absolute Gasteiger partial charge is 0.397 e. The van der Waals surface area contributed by atoms with Crippen LogP contribution in [0.25, 0.3) is 0 Å². The number of nitrogen functional groups attached to an aromatic ring is 1. The Hall–Kier alpha value is -1.41. The maximum Gasteiger partial charge on any atom is 0.273 e. The molecule has 0 unspecified atom stereocenters. The smallest absolute Gasteiger partial charge is 0.273 e. The van der Waals surface area contributed by atoms with Gasteiger partial charge in [-0.15, -0.1) is 0 Å². The number of amides is 1. The second kappa shape index (κ2) is 6.36. The van der Waals surface area contributed by atoms with E-state index >= 15 is 0 Å². The van der Waals surface area contributed by atoms with Gasteiger partial charge in [-0.3, -0.25) is 4.79 Å². The zero-order chi connectivity index (χ0) is 14.7. The number of hydrogen-bond donors (Lipinski definition) is 2. The normalized spacial score (nSPS) is 10.6. The van der Waals surface area contributed by atoms with Gasteiger partial charge in [-0.1, -0.05) is 6.92 Å². The Bertz CT molecular complexity index is 641. The zero-order valence-corrected chi connectivity index (χ0v) is 13.9. The van der Waals surface area contributed by atoms with Crippen molar-refractivity contribution in [2.45, 2.75) is 19.9 Å². The number of carbonyl (C=O) groups is 1. The van der Waals surface area contributed by atoms with E-state index in [0.29, 0.717) is 26.4 Å². The van der Waals surface area contributed by atoms with E-state index in [-0.39, 0.29) is 5.91 Å². The number of nitrogens with one attached hydrogen (secondary N) is 1. The fraction of sp³-hybridized carbons (Fsp3) is 0.250. The second-order valence-corrected chi connectivity index (χ2v) is 5.70. The highest BCUT2D eigenvalue weighted by Gasteiger charge is 2.15. The Kier molecular flexibility index (Phi) is 4.77. The van der Waals surface area contributed by atoms with Crippen molar-refractivity contribution in [1.82, 2.24) is 14.5 Å². The third kappa shape index (κ3) is 3.37. The van der Waals surface area contributed by atoms with Gasteiger partial charge < -0.3 is 15.6 Å². The van der Waals surface area contributed by atoms with E-state index in [1.807, 2.05) is 11.5 Å². The summed E-state index contributed by atoms with van der Waals surface area (Å²) >= 11 is 6.46. The number of nitrogens with zero attached hydrogens (tertiary/aromatic N) is 3. The Morgan fingerprint density at radius 2 is 2.25 bits per heavy atom. The van der Waals surface area contributed by atoms with Crippen LogP contribution >= 0.6 is 31.9 Å². The number of nitrogens with two attached hydrogens (primary N) is 1. The molecule has 0 bridgehead atoms. The number of aromatic nitrogens is 3. The van der Waals surface area contributed by atoms with E-state index in [0.717, 1.165) is 13.0 Å². The van der Waals surface area contributed by atoms with Crippen LogP contribution in [-0.2, 0) is 6.54 Å². The minimum atomic E-state index is -0.271. The molecule has 0 aliphatic heterocycles. The molecule has 1 amide bonds. The van der Waals surface area contributed by atoms with Gasteiger partial charge >= 0.3 is 0 Å². The molecule has 2 aromatic rings. The number of anilines is 2. The van der Waals surface area contributed by atoms with E-state index in [1.54, 1.807) is 12.3 Å². The molecule has 0 spiro atoms. The summed E-state index contributed by atoms with van der Waals surface area (Å²) in [5.41, 5.74) is 6.81. The maximum atomic E-state index is 12.3. The quantitative estimate of drug-likeness (QED) is 0.822. The topological polar surface area (TPSA) is 85.8 Å². The lowest BCUT2D eigenvalue weighted by atomic mass is 10.3. The highest BCUT2D eigenvalue weighted by Crippen LogP contribution is 2.21. The Morgan fingerprint density at radius 1 is 1.50 bits per heavy atom. The molecule has 0 atom stereocenters. The zero-order valence-electron chi connectivity index (χ0n) is 10.7. The molecule has 2 rings (SSSR count). The van der Waals surface area contributed by atoms with E-state index in [9.17, 15) is 4.79 Å². The maximum absolute atomic E-state index is 12.3. The summed E-state index contributed by atoms with van der Waals surface area (Å²) in [5.74, 6) is 0.0912. The SMILES string of the molecule is CCCn1cc(N)cc1C(=O)Nc1ncc(Br)nc1Br. The van der Waals surface area contributed by atoms with Gasteiger partial charge in [-0.05, 0) is 44.3 Å². The van der Waals surface area contributed by atoms with Crippen molar-refractivity contribution in [3.05, 3.63) is 33.4 Å². The summed E-state index contributed by atoms with van der Waals surface area (Å²) in [6, 6.07) is 1.64. The summed E-state index contributed by atoms with van der Waals surface area (Å²) in [5, 5.41) is 2.71. The summed E-state index contributed by atoms with van der Waals surface area (Å²) in [7, 11) is 0. The number of hydrogen-bond acceptors (Lipinski definition) is 4. The molecule has 0 saturated carbocycles. The van der Waals surface area contributed by atoms with Crippen molar-refractivity contribution < 1.29 is 4.79 Å². The van der Waals surface area contributed by atoms with Gasteiger partial charge in [0.25, 0.3) is 5.91 Å². The van der Waals surface area contributed by atoms with Crippen LogP contribution in [0.2, 0.25) is 0 Å². The monoisotopic (exact) mass is 401 g/mol. The van der Waals surface area contributed by atoms with Crippen molar-refractivity contribution >= 4 is 49.3 Å². The van der Waals surface area contributed by atoms with Gasteiger partial charge in [0.1, 0.15) is 14.9 Å². The Morgan fingerprint density at radius 3 is 2.90 bits per heavy atom. The number of aryl methyl sites for hydroxylation is 1. The molecule has 3 N–H and O–H groups in total. The molecule has 0 aliphatic rings. The fourth-order valence-electron chi connectivity index (χ4n) is 1.75. The van der Waals surface area contributed by atoms with Crippen molar-refractivity contribution in [3.8, 4) is 0 Å². The number of rotatable bonds is 4. The first kappa shape index (κ1) is 15.0. The van der Waals surface area contributed by atoms with Crippen LogP contribution in [-0.4, -0.2) is 20.4 Å². The Labute approximate surface area is 133 Å². The first-order valence-electron chi connectivity index (χ1n) is 5.96. The van der Waals surface area contributed by atoms with Gasteiger partial charge in [-0.2, -0.15) is 0 Å². The number of halogens is 2. The summed E-state index contributed by atoms with van der Waals surface area (Å²) < 4.78 is 2.87. The molecule has 0 aliphatic carbocycles. The highest BCUT2D eigenvalue weighted by molar-refractivity contribution is 9.11. The summed E-state index contributed by atoms with van der Waals surface area (Å²) in [6.45, 7) is 2.77. The molecule has 106 valence electrons. The molecule has 2 aromatic heterocycles. The lowest BCUT2D eigenvalue weighted by Crippen LogP contribution is -2.18. The van der Waals surface area contributed by atoms with Crippen molar-refractivity contribution in [2.24, 2.45) is 0 Å². The van der Waals surface area contributed by atoms with Gasteiger partial charge in [0, 0.05) is 12.7 Å². The second-order valence-electron chi connectivity index (χ2n) is 4.14. The summed E-state index contributed by atoms with van der Waals surface area (Å²) in [6.07, 6.45) is 4.18. The van der Waals surface area contributed by atoms with E-state index in [1.165, 1.54) is 6.20 Å². The molecule has 20 heavy (non-hydrogen) atoms.